The Labute approximate surface area is 99.0 Å². The van der Waals surface area contributed by atoms with Crippen LogP contribution in [0, 0.1) is 0 Å². The van der Waals surface area contributed by atoms with Gasteiger partial charge in [0, 0.05) is 13.2 Å². The molecule has 0 saturated heterocycles. The van der Waals surface area contributed by atoms with E-state index in [1.165, 1.54) is 0 Å². The van der Waals surface area contributed by atoms with E-state index in [-0.39, 0.29) is 13.2 Å². The SMILES string of the molecule is O=C(NCCCO)C(=O)NNc1ccccc1. The van der Waals surface area contributed by atoms with Crippen LogP contribution in [-0.4, -0.2) is 30.1 Å². The first-order valence-corrected chi connectivity index (χ1v) is 5.24. The third-order valence-electron chi connectivity index (χ3n) is 1.92. The lowest BCUT2D eigenvalue weighted by Gasteiger charge is -2.08. The van der Waals surface area contributed by atoms with Gasteiger partial charge in [-0.2, -0.15) is 0 Å². The molecular formula is C11H15N3O3. The predicted molar refractivity (Wildman–Crippen MR) is 62.9 cm³/mol. The number of para-hydroxylation sites is 1. The Morgan fingerprint density at radius 1 is 1.12 bits per heavy atom. The molecular weight excluding hydrogens is 222 g/mol. The number of aliphatic hydroxyl groups excluding tert-OH is 1. The van der Waals surface area contributed by atoms with E-state index in [1.807, 2.05) is 6.07 Å². The Morgan fingerprint density at radius 2 is 1.82 bits per heavy atom. The molecule has 0 aromatic heterocycles. The summed E-state index contributed by atoms with van der Waals surface area (Å²) in [5.41, 5.74) is 5.55. The highest BCUT2D eigenvalue weighted by Crippen LogP contribution is 2.02. The van der Waals surface area contributed by atoms with Crippen molar-refractivity contribution in [3.63, 3.8) is 0 Å². The Kier molecular flexibility index (Phi) is 5.53. The Balaban J connectivity index is 2.27. The topological polar surface area (TPSA) is 90.5 Å². The van der Waals surface area contributed by atoms with Crippen molar-refractivity contribution in [3.8, 4) is 0 Å². The number of aliphatic hydroxyl groups is 1. The summed E-state index contributed by atoms with van der Waals surface area (Å²) in [6.45, 7) is 0.248. The smallest absolute Gasteiger partial charge is 0.327 e. The summed E-state index contributed by atoms with van der Waals surface area (Å²) in [4.78, 5) is 22.5. The molecule has 92 valence electrons. The first-order valence-electron chi connectivity index (χ1n) is 5.24. The van der Waals surface area contributed by atoms with Gasteiger partial charge in [-0.15, -0.1) is 0 Å². The molecule has 1 aromatic rings. The maximum atomic E-state index is 11.3. The molecule has 1 rings (SSSR count). The van der Waals surface area contributed by atoms with Crippen LogP contribution in [0.5, 0.6) is 0 Å². The standard InChI is InChI=1S/C11H15N3O3/c15-8-4-7-12-10(16)11(17)14-13-9-5-2-1-3-6-9/h1-3,5-6,13,15H,4,7-8H2,(H,12,16)(H,14,17). The third-order valence-corrected chi connectivity index (χ3v) is 1.92. The van der Waals surface area contributed by atoms with Crippen LogP contribution in [0.1, 0.15) is 6.42 Å². The van der Waals surface area contributed by atoms with Crippen LogP contribution in [0.15, 0.2) is 30.3 Å². The molecule has 0 radical (unpaired) electrons. The molecule has 0 atom stereocenters. The second-order valence-electron chi connectivity index (χ2n) is 3.28. The molecule has 0 fully saturated rings. The van der Waals surface area contributed by atoms with E-state index in [0.717, 1.165) is 0 Å². The lowest BCUT2D eigenvalue weighted by molar-refractivity contribution is -0.138. The maximum Gasteiger partial charge on any atom is 0.327 e. The number of nitrogens with one attached hydrogen (secondary N) is 3. The van der Waals surface area contributed by atoms with Gasteiger partial charge in [0.1, 0.15) is 0 Å². The second-order valence-corrected chi connectivity index (χ2v) is 3.28. The van der Waals surface area contributed by atoms with Gasteiger partial charge in [0.2, 0.25) is 0 Å². The monoisotopic (exact) mass is 237 g/mol. The lowest BCUT2D eigenvalue weighted by Crippen LogP contribution is -2.42. The summed E-state index contributed by atoms with van der Waals surface area (Å²) in [6, 6.07) is 8.95. The highest BCUT2D eigenvalue weighted by molar-refractivity contribution is 6.35. The summed E-state index contributed by atoms with van der Waals surface area (Å²) in [6.07, 6.45) is 0.422. The summed E-state index contributed by atoms with van der Waals surface area (Å²) in [7, 11) is 0. The van der Waals surface area contributed by atoms with E-state index in [9.17, 15) is 9.59 Å². The predicted octanol–water partition coefficient (Wildman–Crippen LogP) is -0.372. The number of benzene rings is 1. The molecule has 1 aromatic carbocycles. The molecule has 0 aliphatic rings. The van der Waals surface area contributed by atoms with Gasteiger partial charge >= 0.3 is 11.8 Å². The Bertz CT molecular complexity index is 367. The molecule has 0 aliphatic carbocycles. The summed E-state index contributed by atoms with van der Waals surface area (Å²) in [5.74, 6) is -1.51. The minimum Gasteiger partial charge on any atom is -0.396 e. The second kappa shape index (κ2) is 7.24. The van der Waals surface area contributed by atoms with Gasteiger partial charge in [-0.1, -0.05) is 18.2 Å². The summed E-state index contributed by atoms with van der Waals surface area (Å²) >= 11 is 0. The molecule has 4 N–H and O–H groups in total. The Morgan fingerprint density at radius 3 is 2.47 bits per heavy atom. The maximum absolute atomic E-state index is 11.3. The lowest BCUT2D eigenvalue weighted by atomic mass is 10.3. The molecule has 0 spiro atoms. The number of hydrogen-bond acceptors (Lipinski definition) is 4. The van der Waals surface area contributed by atoms with Crippen molar-refractivity contribution in [2.45, 2.75) is 6.42 Å². The van der Waals surface area contributed by atoms with Crippen molar-refractivity contribution < 1.29 is 14.7 Å². The highest BCUT2D eigenvalue weighted by Gasteiger charge is 2.11. The Hall–Kier alpha value is -2.08. The van der Waals surface area contributed by atoms with Gasteiger partial charge in [0.25, 0.3) is 0 Å². The van der Waals surface area contributed by atoms with Crippen molar-refractivity contribution in [1.82, 2.24) is 10.7 Å². The van der Waals surface area contributed by atoms with Crippen LogP contribution in [0.3, 0.4) is 0 Å². The molecule has 17 heavy (non-hydrogen) atoms. The molecule has 2 amide bonds. The fourth-order valence-corrected chi connectivity index (χ4v) is 1.07. The molecule has 0 unspecified atom stereocenters. The molecule has 0 heterocycles. The van der Waals surface area contributed by atoms with Gasteiger partial charge in [-0.3, -0.25) is 20.4 Å². The van der Waals surface area contributed by atoms with Gasteiger partial charge in [-0.05, 0) is 18.6 Å². The highest BCUT2D eigenvalue weighted by atomic mass is 16.3. The average Bonchev–Trinajstić information content (AvgIpc) is 2.37. The number of hydrazine groups is 1. The van der Waals surface area contributed by atoms with Crippen LogP contribution >= 0.6 is 0 Å². The zero-order valence-electron chi connectivity index (χ0n) is 9.27. The van der Waals surface area contributed by atoms with Crippen molar-refractivity contribution in [3.05, 3.63) is 30.3 Å². The molecule has 0 aliphatic heterocycles. The van der Waals surface area contributed by atoms with E-state index in [1.54, 1.807) is 24.3 Å². The van der Waals surface area contributed by atoms with Crippen LogP contribution in [-0.2, 0) is 9.59 Å². The van der Waals surface area contributed by atoms with E-state index in [2.05, 4.69) is 16.2 Å². The van der Waals surface area contributed by atoms with Gasteiger partial charge in [-0.25, -0.2) is 0 Å². The fourth-order valence-electron chi connectivity index (χ4n) is 1.07. The van der Waals surface area contributed by atoms with E-state index in [4.69, 9.17) is 5.11 Å². The normalized spacial score (nSPS) is 9.47. The largest absolute Gasteiger partial charge is 0.396 e. The zero-order valence-corrected chi connectivity index (χ0v) is 9.27. The first kappa shape index (κ1) is 13.0. The van der Waals surface area contributed by atoms with E-state index < -0.39 is 11.8 Å². The van der Waals surface area contributed by atoms with Crippen molar-refractivity contribution >= 4 is 17.5 Å². The van der Waals surface area contributed by atoms with Gasteiger partial charge in [0.05, 0.1) is 5.69 Å². The third kappa shape index (κ3) is 4.98. The zero-order chi connectivity index (χ0) is 12.5. The molecule has 0 saturated carbocycles. The molecule has 0 bridgehead atoms. The van der Waals surface area contributed by atoms with Crippen LogP contribution in [0.2, 0.25) is 0 Å². The minimum atomic E-state index is -0.771. The van der Waals surface area contributed by atoms with E-state index in [0.29, 0.717) is 12.1 Å². The van der Waals surface area contributed by atoms with Crippen LogP contribution < -0.4 is 16.2 Å². The van der Waals surface area contributed by atoms with Crippen molar-refractivity contribution in [2.75, 3.05) is 18.6 Å². The first-order chi connectivity index (χ1) is 8.24. The number of carbonyl (C=O) groups is 2. The summed E-state index contributed by atoms with van der Waals surface area (Å²) in [5, 5.41) is 10.9. The van der Waals surface area contributed by atoms with Crippen LogP contribution in [0.25, 0.3) is 0 Å². The number of rotatable bonds is 5. The van der Waals surface area contributed by atoms with E-state index >= 15 is 0 Å². The summed E-state index contributed by atoms with van der Waals surface area (Å²) < 4.78 is 0. The quantitative estimate of drug-likeness (QED) is 0.319. The minimum absolute atomic E-state index is 0.0236. The van der Waals surface area contributed by atoms with Crippen LogP contribution in [0.4, 0.5) is 5.69 Å². The van der Waals surface area contributed by atoms with Crippen molar-refractivity contribution in [1.29, 1.82) is 0 Å². The average molecular weight is 237 g/mol. The van der Waals surface area contributed by atoms with Gasteiger partial charge in [0.15, 0.2) is 0 Å². The fraction of sp³-hybridized carbons (Fsp3) is 0.273. The number of carbonyl (C=O) groups excluding carboxylic acids is 2. The molecule has 6 heteroatoms. The van der Waals surface area contributed by atoms with Crippen molar-refractivity contribution in [2.24, 2.45) is 0 Å². The van der Waals surface area contributed by atoms with Gasteiger partial charge < -0.3 is 10.4 Å². The number of amides is 2. The molecule has 6 nitrogen and oxygen atoms in total. The number of hydrogen-bond donors (Lipinski definition) is 4. The number of anilines is 1.